The maximum Gasteiger partial charge on any atom is 0.329 e. The molecule has 0 aliphatic carbocycles. The average molecular weight is 320 g/mol. The molecule has 8 nitrogen and oxygen atoms in total. The zero-order valence-corrected chi connectivity index (χ0v) is 13.6. The highest BCUT2D eigenvalue weighted by molar-refractivity contribution is 5.53. The van der Waals surface area contributed by atoms with E-state index in [9.17, 15) is 10.1 Å². The first-order valence-electron chi connectivity index (χ1n) is 7.37. The summed E-state index contributed by atoms with van der Waals surface area (Å²) in [6.45, 7) is 13.9. The highest BCUT2D eigenvalue weighted by Crippen LogP contribution is 2.19. The van der Waals surface area contributed by atoms with Gasteiger partial charge in [0, 0.05) is 25.7 Å². The van der Waals surface area contributed by atoms with Crippen LogP contribution in [0.5, 0.6) is 0 Å². The smallest absolute Gasteiger partial charge is 0.329 e. The van der Waals surface area contributed by atoms with Crippen LogP contribution in [-0.2, 0) is 0 Å². The Kier molecular flexibility index (Phi) is 7.14. The van der Waals surface area contributed by atoms with Crippen LogP contribution in [0, 0.1) is 16.0 Å². The Morgan fingerprint density at radius 3 is 2.48 bits per heavy atom. The van der Waals surface area contributed by atoms with Crippen LogP contribution in [0.3, 0.4) is 0 Å². The van der Waals surface area contributed by atoms with E-state index in [1.807, 2.05) is 12.2 Å². The molecule has 0 fully saturated rings. The number of nitro groups is 1. The molecular weight excluding hydrogens is 296 g/mol. The van der Waals surface area contributed by atoms with Gasteiger partial charge in [0.05, 0.1) is 4.92 Å². The zero-order valence-electron chi connectivity index (χ0n) is 13.6. The maximum atomic E-state index is 10.7. The van der Waals surface area contributed by atoms with Crippen LogP contribution in [0.1, 0.15) is 13.8 Å². The van der Waals surface area contributed by atoms with Crippen molar-refractivity contribution in [3.05, 3.63) is 41.6 Å². The molecular formula is C15H24N6O2. The van der Waals surface area contributed by atoms with Gasteiger partial charge >= 0.3 is 5.69 Å². The van der Waals surface area contributed by atoms with Crippen molar-refractivity contribution < 1.29 is 4.92 Å². The highest BCUT2D eigenvalue weighted by atomic mass is 16.6. The second-order valence-electron chi connectivity index (χ2n) is 5.44. The van der Waals surface area contributed by atoms with Crippen LogP contribution in [0.15, 0.2) is 31.5 Å². The van der Waals surface area contributed by atoms with E-state index in [1.165, 1.54) is 0 Å². The average Bonchev–Trinajstić information content (AvgIpc) is 2.47. The Morgan fingerprint density at radius 1 is 1.43 bits per heavy atom. The van der Waals surface area contributed by atoms with Gasteiger partial charge in [0.25, 0.3) is 0 Å². The van der Waals surface area contributed by atoms with Gasteiger partial charge in [-0.25, -0.2) is 4.98 Å². The Balaban J connectivity index is 2.82. The van der Waals surface area contributed by atoms with Crippen molar-refractivity contribution in [2.45, 2.75) is 19.9 Å². The minimum absolute atomic E-state index is 0.150. The molecule has 1 heterocycles. The predicted octanol–water partition coefficient (Wildman–Crippen LogP) is 2.08. The molecule has 0 bridgehead atoms. The minimum atomic E-state index is -0.605. The first kappa shape index (κ1) is 18.6. The lowest BCUT2D eigenvalue weighted by Crippen LogP contribution is -2.44. The topological polar surface area (TPSA) is 110 Å². The van der Waals surface area contributed by atoms with Crippen LogP contribution in [-0.4, -0.2) is 45.5 Å². The number of rotatable bonds is 10. The number of nitrogens with zero attached hydrogens (tertiary/aromatic N) is 4. The van der Waals surface area contributed by atoms with E-state index < -0.39 is 4.92 Å². The molecule has 0 radical (unpaired) electrons. The van der Waals surface area contributed by atoms with Crippen molar-refractivity contribution >= 4 is 17.5 Å². The molecule has 126 valence electrons. The van der Waals surface area contributed by atoms with E-state index >= 15 is 0 Å². The molecule has 0 saturated carbocycles. The number of anilines is 2. The van der Waals surface area contributed by atoms with Crippen LogP contribution in [0.25, 0.3) is 0 Å². The van der Waals surface area contributed by atoms with Gasteiger partial charge in [0.2, 0.25) is 11.8 Å². The van der Waals surface area contributed by atoms with Crippen LogP contribution in [0.2, 0.25) is 0 Å². The fourth-order valence-electron chi connectivity index (χ4n) is 2.27. The predicted molar refractivity (Wildman–Crippen MR) is 92.2 cm³/mol. The first-order valence-corrected chi connectivity index (χ1v) is 7.37. The Labute approximate surface area is 136 Å². The van der Waals surface area contributed by atoms with E-state index in [-0.39, 0.29) is 23.5 Å². The molecule has 0 amide bonds. The molecule has 0 aromatic carbocycles. The summed E-state index contributed by atoms with van der Waals surface area (Å²) >= 11 is 0. The molecule has 0 aliphatic heterocycles. The van der Waals surface area contributed by atoms with Crippen LogP contribution >= 0.6 is 0 Å². The van der Waals surface area contributed by atoms with Crippen molar-refractivity contribution in [3.8, 4) is 0 Å². The first-order chi connectivity index (χ1) is 10.9. The van der Waals surface area contributed by atoms with Crippen molar-refractivity contribution in [2.24, 2.45) is 5.92 Å². The lowest BCUT2D eigenvalue weighted by molar-refractivity contribution is -0.384. The third kappa shape index (κ3) is 5.33. The van der Waals surface area contributed by atoms with Gasteiger partial charge < -0.3 is 11.1 Å². The monoisotopic (exact) mass is 320 g/mol. The molecule has 23 heavy (non-hydrogen) atoms. The SMILES string of the molecule is C=CCN(CC=C)C(CNc1ncc([N+](=O)[O-])c(N)n1)C(C)C. The molecule has 0 aliphatic rings. The van der Waals surface area contributed by atoms with Crippen molar-refractivity contribution in [1.82, 2.24) is 14.9 Å². The van der Waals surface area contributed by atoms with Gasteiger partial charge in [-0.05, 0) is 5.92 Å². The van der Waals surface area contributed by atoms with E-state index in [0.29, 0.717) is 12.5 Å². The van der Waals surface area contributed by atoms with Gasteiger partial charge in [0.1, 0.15) is 6.20 Å². The van der Waals surface area contributed by atoms with Gasteiger partial charge in [-0.3, -0.25) is 15.0 Å². The van der Waals surface area contributed by atoms with E-state index in [4.69, 9.17) is 5.73 Å². The standard InChI is InChI=1S/C15H24N6O2/c1-5-7-20(8-6-2)12(11(3)4)9-17-15-18-10-13(21(22)23)14(16)19-15/h5-6,10-12H,1-2,7-9H2,3-4H3,(H3,16,17,18,19). The normalized spacial score (nSPS) is 12.2. The molecule has 8 heteroatoms. The summed E-state index contributed by atoms with van der Waals surface area (Å²) in [6.07, 6.45) is 4.80. The molecule has 1 atom stereocenters. The molecule has 3 N–H and O–H groups in total. The second kappa shape index (κ2) is 8.84. The van der Waals surface area contributed by atoms with E-state index in [0.717, 1.165) is 19.3 Å². The summed E-state index contributed by atoms with van der Waals surface area (Å²) in [7, 11) is 0. The number of nitrogen functional groups attached to an aromatic ring is 1. The van der Waals surface area contributed by atoms with Gasteiger partial charge in [-0.15, -0.1) is 13.2 Å². The largest absolute Gasteiger partial charge is 0.378 e. The molecule has 0 spiro atoms. The van der Waals surface area contributed by atoms with E-state index in [2.05, 4.69) is 47.2 Å². The van der Waals surface area contributed by atoms with E-state index in [1.54, 1.807) is 0 Å². The summed E-state index contributed by atoms with van der Waals surface area (Å²) in [6, 6.07) is 0.200. The summed E-state index contributed by atoms with van der Waals surface area (Å²) in [5, 5.41) is 13.8. The summed E-state index contributed by atoms with van der Waals surface area (Å²) in [5.41, 5.74) is 5.28. The fraction of sp³-hybridized carbons (Fsp3) is 0.467. The number of aromatic nitrogens is 2. The van der Waals surface area contributed by atoms with Gasteiger partial charge in [-0.2, -0.15) is 4.98 Å². The quantitative estimate of drug-likeness (QED) is 0.386. The second-order valence-corrected chi connectivity index (χ2v) is 5.44. The Morgan fingerprint density at radius 2 is 2.04 bits per heavy atom. The molecule has 1 aromatic heterocycles. The molecule has 1 aromatic rings. The number of hydrogen-bond acceptors (Lipinski definition) is 7. The van der Waals surface area contributed by atoms with Crippen molar-refractivity contribution in [3.63, 3.8) is 0 Å². The number of hydrogen-bond donors (Lipinski definition) is 2. The molecule has 1 rings (SSSR count). The van der Waals surface area contributed by atoms with Crippen molar-refractivity contribution in [2.75, 3.05) is 30.7 Å². The Hall–Kier alpha value is -2.48. The lowest BCUT2D eigenvalue weighted by atomic mass is 10.0. The molecule has 1 unspecified atom stereocenters. The summed E-state index contributed by atoms with van der Waals surface area (Å²) in [5.74, 6) is 0.497. The fourth-order valence-corrected chi connectivity index (χ4v) is 2.27. The van der Waals surface area contributed by atoms with Crippen molar-refractivity contribution in [1.29, 1.82) is 0 Å². The summed E-state index contributed by atoms with van der Waals surface area (Å²) < 4.78 is 0. The number of nitrogens with one attached hydrogen (secondary N) is 1. The maximum absolute atomic E-state index is 10.7. The van der Waals surface area contributed by atoms with Crippen LogP contribution < -0.4 is 11.1 Å². The van der Waals surface area contributed by atoms with Gasteiger partial charge in [0.15, 0.2) is 0 Å². The lowest BCUT2D eigenvalue weighted by Gasteiger charge is -2.33. The summed E-state index contributed by atoms with van der Waals surface area (Å²) in [4.78, 5) is 20.2. The Bertz CT molecular complexity index is 551. The minimum Gasteiger partial charge on any atom is -0.378 e. The third-order valence-corrected chi connectivity index (χ3v) is 3.43. The van der Waals surface area contributed by atoms with Gasteiger partial charge in [-0.1, -0.05) is 26.0 Å². The molecule has 0 saturated heterocycles. The zero-order chi connectivity index (χ0) is 17.4. The number of nitrogens with two attached hydrogens (primary N) is 1. The highest BCUT2D eigenvalue weighted by Gasteiger charge is 2.21. The third-order valence-electron chi connectivity index (χ3n) is 3.43. The van der Waals surface area contributed by atoms with Crippen LogP contribution in [0.4, 0.5) is 17.5 Å².